The number of rotatable bonds is 3. The van der Waals surface area contributed by atoms with Crippen LogP contribution in [-0.4, -0.2) is 15.8 Å². The van der Waals surface area contributed by atoms with Crippen molar-refractivity contribution in [3.05, 3.63) is 0 Å². The topological polar surface area (TPSA) is 29.1 Å². The number of halogens is 2. The van der Waals surface area contributed by atoms with Crippen LogP contribution < -0.4 is 5.32 Å². The molecule has 1 amide bonds. The first-order valence-electron chi connectivity index (χ1n) is 4.60. The standard InChI is InChI=1S/C9H13Cl2NO/c1-8(2-3-8)12-7(13)4-6-5-9(6,10)11/h6H,2-5H2,1H3,(H,12,13). The van der Waals surface area contributed by atoms with E-state index in [1.54, 1.807) is 0 Å². The Bertz CT molecular complexity index is 248. The van der Waals surface area contributed by atoms with Gasteiger partial charge < -0.3 is 5.32 Å². The molecule has 2 nitrogen and oxygen atoms in total. The molecule has 2 fully saturated rings. The summed E-state index contributed by atoms with van der Waals surface area (Å²) in [5.74, 6) is 0.256. The molecule has 0 spiro atoms. The number of alkyl halides is 2. The average Bonchev–Trinajstić information content (AvgIpc) is 2.77. The third-order valence-corrected chi connectivity index (χ3v) is 3.75. The van der Waals surface area contributed by atoms with E-state index in [0.717, 1.165) is 19.3 Å². The number of amides is 1. The molecule has 74 valence electrons. The Morgan fingerprint density at radius 1 is 1.54 bits per heavy atom. The second-order valence-corrected chi connectivity index (χ2v) is 6.02. The van der Waals surface area contributed by atoms with E-state index in [-0.39, 0.29) is 17.4 Å². The van der Waals surface area contributed by atoms with Crippen LogP contribution in [0.2, 0.25) is 0 Å². The third kappa shape index (κ3) is 2.29. The highest BCUT2D eigenvalue weighted by atomic mass is 35.5. The van der Waals surface area contributed by atoms with Crippen molar-refractivity contribution in [3.63, 3.8) is 0 Å². The lowest BCUT2D eigenvalue weighted by Gasteiger charge is -2.10. The molecule has 4 heteroatoms. The molecular weight excluding hydrogens is 209 g/mol. The first kappa shape index (κ1) is 9.60. The average molecular weight is 222 g/mol. The molecule has 2 aliphatic carbocycles. The Morgan fingerprint density at radius 2 is 2.08 bits per heavy atom. The molecule has 0 bridgehead atoms. The summed E-state index contributed by atoms with van der Waals surface area (Å²) in [6.45, 7) is 2.06. The lowest BCUT2D eigenvalue weighted by molar-refractivity contribution is -0.122. The minimum absolute atomic E-state index is 0.0766. The monoisotopic (exact) mass is 221 g/mol. The van der Waals surface area contributed by atoms with Gasteiger partial charge in [-0.1, -0.05) is 0 Å². The number of hydrogen-bond acceptors (Lipinski definition) is 1. The minimum atomic E-state index is -0.623. The summed E-state index contributed by atoms with van der Waals surface area (Å²) in [5.41, 5.74) is 0.0766. The van der Waals surface area contributed by atoms with Crippen molar-refractivity contribution in [2.45, 2.75) is 42.5 Å². The van der Waals surface area contributed by atoms with E-state index in [9.17, 15) is 4.79 Å². The molecule has 0 aromatic rings. The van der Waals surface area contributed by atoms with Crippen molar-refractivity contribution in [1.29, 1.82) is 0 Å². The van der Waals surface area contributed by atoms with E-state index in [1.165, 1.54) is 0 Å². The van der Waals surface area contributed by atoms with Gasteiger partial charge in [0, 0.05) is 17.9 Å². The van der Waals surface area contributed by atoms with Crippen LogP contribution in [0.15, 0.2) is 0 Å². The molecule has 0 saturated heterocycles. The summed E-state index contributed by atoms with van der Waals surface area (Å²) < 4.78 is -0.623. The number of carbonyl (C=O) groups excluding carboxylic acids is 1. The summed E-state index contributed by atoms with van der Waals surface area (Å²) in [6.07, 6.45) is 3.41. The van der Waals surface area contributed by atoms with Crippen molar-refractivity contribution >= 4 is 29.1 Å². The number of carbonyl (C=O) groups is 1. The first-order valence-corrected chi connectivity index (χ1v) is 5.36. The van der Waals surface area contributed by atoms with E-state index < -0.39 is 4.33 Å². The summed E-state index contributed by atoms with van der Waals surface area (Å²) in [4.78, 5) is 11.4. The van der Waals surface area contributed by atoms with Crippen molar-refractivity contribution in [2.75, 3.05) is 0 Å². The van der Waals surface area contributed by atoms with Gasteiger partial charge in [0.2, 0.25) is 5.91 Å². The zero-order valence-corrected chi connectivity index (χ0v) is 9.08. The maximum Gasteiger partial charge on any atom is 0.220 e. The van der Waals surface area contributed by atoms with E-state index >= 15 is 0 Å². The van der Waals surface area contributed by atoms with Crippen LogP contribution in [0.4, 0.5) is 0 Å². The summed E-state index contributed by atoms with van der Waals surface area (Å²) in [5, 5.41) is 2.98. The molecule has 0 aromatic heterocycles. The molecule has 0 aromatic carbocycles. The molecule has 0 aliphatic heterocycles. The fourth-order valence-electron chi connectivity index (χ4n) is 1.41. The zero-order valence-electron chi connectivity index (χ0n) is 7.57. The number of hydrogen-bond donors (Lipinski definition) is 1. The van der Waals surface area contributed by atoms with Crippen LogP contribution in [0.1, 0.15) is 32.6 Å². The highest BCUT2D eigenvalue weighted by Crippen LogP contribution is 2.55. The molecule has 0 heterocycles. The van der Waals surface area contributed by atoms with Gasteiger partial charge in [0.15, 0.2) is 0 Å². The van der Waals surface area contributed by atoms with Gasteiger partial charge in [-0.25, -0.2) is 0 Å². The lowest BCUT2D eigenvalue weighted by atomic mass is 10.2. The summed E-state index contributed by atoms with van der Waals surface area (Å²) in [7, 11) is 0. The predicted molar refractivity (Wildman–Crippen MR) is 52.9 cm³/mol. The van der Waals surface area contributed by atoms with Crippen LogP contribution in [0.5, 0.6) is 0 Å². The Morgan fingerprint density at radius 3 is 2.46 bits per heavy atom. The third-order valence-electron chi connectivity index (χ3n) is 2.83. The Kier molecular flexibility index (Phi) is 2.04. The smallest absolute Gasteiger partial charge is 0.220 e. The molecule has 0 radical (unpaired) electrons. The predicted octanol–water partition coefficient (Wildman–Crippen LogP) is 2.24. The zero-order chi connectivity index (χ0) is 9.69. The quantitative estimate of drug-likeness (QED) is 0.729. The van der Waals surface area contributed by atoms with Gasteiger partial charge in [-0.2, -0.15) is 0 Å². The molecule has 1 atom stereocenters. The van der Waals surface area contributed by atoms with Crippen molar-refractivity contribution in [3.8, 4) is 0 Å². The molecule has 1 unspecified atom stereocenters. The van der Waals surface area contributed by atoms with Gasteiger partial charge in [0.1, 0.15) is 4.33 Å². The van der Waals surface area contributed by atoms with E-state index in [1.807, 2.05) is 0 Å². The molecule has 2 rings (SSSR count). The van der Waals surface area contributed by atoms with E-state index in [2.05, 4.69) is 12.2 Å². The fourth-order valence-corrected chi connectivity index (χ4v) is 1.94. The van der Waals surface area contributed by atoms with E-state index in [4.69, 9.17) is 23.2 Å². The highest BCUT2D eigenvalue weighted by Gasteiger charge is 2.52. The summed E-state index contributed by atoms with van der Waals surface area (Å²) >= 11 is 11.6. The van der Waals surface area contributed by atoms with Crippen LogP contribution in [0, 0.1) is 5.92 Å². The van der Waals surface area contributed by atoms with Gasteiger partial charge in [-0.3, -0.25) is 4.79 Å². The van der Waals surface area contributed by atoms with Gasteiger partial charge in [-0.05, 0) is 26.2 Å². The maximum absolute atomic E-state index is 11.4. The highest BCUT2D eigenvalue weighted by molar-refractivity contribution is 6.51. The van der Waals surface area contributed by atoms with Gasteiger partial charge >= 0.3 is 0 Å². The molecular formula is C9H13Cl2NO. The van der Waals surface area contributed by atoms with Crippen molar-refractivity contribution in [2.24, 2.45) is 5.92 Å². The van der Waals surface area contributed by atoms with Gasteiger partial charge in [-0.15, -0.1) is 23.2 Å². The van der Waals surface area contributed by atoms with Crippen molar-refractivity contribution in [1.82, 2.24) is 5.32 Å². The molecule has 2 aliphatic rings. The maximum atomic E-state index is 11.4. The number of nitrogens with one attached hydrogen (secondary N) is 1. The van der Waals surface area contributed by atoms with Crippen molar-refractivity contribution < 1.29 is 4.79 Å². The largest absolute Gasteiger partial charge is 0.351 e. The second-order valence-electron chi connectivity index (χ2n) is 4.48. The Balaban J connectivity index is 1.74. The molecule has 2 saturated carbocycles. The second kappa shape index (κ2) is 2.77. The van der Waals surface area contributed by atoms with Crippen LogP contribution in [0.25, 0.3) is 0 Å². The summed E-state index contributed by atoms with van der Waals surface area (Å²) in [6, 6.07) is 0. The lowest BCUT2D eigenvalue weighted by Crippen LogP contribution is -2.34. The first-order chi connectivity index (χ1) is 5.91. The van der Waals surface area contributed by atoms with Crippen LogP contribution in [0.3, 0.4) is 0 Å². The fraction of sp³-hybridized carbons (Fsp3) is 0.889. The Hall–Kier alpha value is 0.0500. The minimum Gasteiger partial charge on any atom is -0.351 e. The van der Waals surface area contributed by atoms with Crippen LogP contribution in [-0.2, 0) is 4.79 Å². The molecule has 1 N–H and O–H groups in total. The Labute approximate surface area is 88.0 Å². The van der Waals surface area contributed by atoms with Crippen LogP contribution >= 0.6 is 23.2 Å². The normalized spacial score (nSPS) is 32.4. The SMILES string of the molecule is CC1(NC(=O)CC2CC2(Cl)Cl)CC1. The van der Waals surface area contributed by atoms with Gasteiger partial charge in [0.25, 0.3) is 0 Å². The molecule has 13 heavy (non-hydrogen) atoms. The van der Waals surface area contributed by atoms with E-state index in [0.29, 0.717) is 6.42 Å². The van der Waals surface area contributed by atoms with Gasteiger partial charge in [0.05, 0.1) is 0 Å².